The number of aryl methyl sites for hydroxylation is 1. The average Bonchev–Trinajstić information content (AvgIpc) is 3.06. The lowest BCUT2D eigenvalue weighted by atomic mass is 10.1. The molecule has 0 spiro atoms. The Morgan fingerprint density at radius 2 is 1.88 bits per heavy atom. The number of carboxylic acids is 1. The van der Waals surface area contributed by atoms with E-state index in [9.17, 15) is 9.59 Å². The van der Waals surface area contributed by atoms with Crippen LogP contribution in [-0.2, 0) is 0 Å². The molecule has 4 aromatic rings. The molecule has 0 aliphatic heterocycles. The Kier molecular flexibility index (Phi) is 3.65. The highest BCUT2D eigenvalue weighted by molar-refractivity contribution is 5.89. The highest BCUT2D eigenvalue weighted by Crippen LogP contribution is 2.23. The molecule has 6 heteroatoms. The van der Waals surface area contributed by atoms with Crippen LogP contribution in [-0.4, -0.2) is 25.7 Å². The Morgan fingerprint density at radius 1 is 1.08 bits per heavy atom. The maximum absolute atomic E-state index is 12.5. The van der Waals surface area contributed by atoms with Crippen molar-refractivity contribution in [3.05, 3.63) is 82.1 Å². The van der Waals surface area contributed by atoms with Crippen molar-refractivity contribution in [1.82, 2.24) is 14.6 Å². The molecule has 4 rings (SSSR count). The standard InChI is InChI=1S/C20H15N3O3/c1-12-5-2-3-8-15(12)17-10-18-21-16(11-19(24)23(18)22-17)13-6-4-7-14(9-13)20(25)26/h2-11,22H,1H3,(H,25,26). The summed E-state index contributed by atoms with van der Waals surface area (Å²) >= 11 is 0. The van der Waals surface area contributed by atoms with E-state index in [1.807, 2.05) is 37.3 Å². The summed E-state index contributed by atoms with van der Waals surface area (Å²) in [5.74, 6) is -1.02. The van der Waals surface area contributed by atoms with Gasteiger partial charge in [-0.25, -0.2) is 14.3 Å². The van der Waals surface area contributed by atoms with E-state index in [0.29, 0.717) is 16.9 Å². The molecule has 0 amide bonds. The number of H-pyrrole nitrogens is 1. The lowest BCUT2D eigenvalue weighted by molar-refractivity contribution is 0.0697. The molecule has 0 atom stereocenters. The molecule has 2 aromatic carbocycles. The van der Waals surface area contributed by atoms with E-state index in [-0.39, 0.29) is 11.1 Å². The molecule has 2 heterocycles. The van der Waals surface area contributed by atoms with Gasteiger partial charge < -0.3 is 5.11 Å². The zero-order chi connectivity index (χ0) is 18.3. The van der Waals surface area contributed by atoms with Gasteiger partial charge in [0.2, 0.25) is 0 Å². The number of hydrogen-bond donors (Lipinski definition) is 2. The number of fused-ring (bicyclic) bond motifs is 1. The molecule has 0 fully saturated rings. The number of aromatic nitrogens is 3. The first-order valence-corrected chi connectivity index (χ1v) is 8.05. The van der Waals surface area contributed by atoms with Gasteiger partial charge in [-0.15, -0.1) is 0 Å². The van der Waals surface area contributed by atoms with Gasteiger partial charge in [0.25, 0.3) is 5.56 Å². The van der Waals surface area contributed by atoms with Crippen molar-refractivity contribution in [2.24, 2.45) is 0 Å². The first kappa shape index (κ1) is 15.8. The van der Waals surface area contributed by atoms with E-state index in [4.69, 9.17) is 5.11 Å². The van der Waals surface area contributed by atoms with Crippen LogP contribution in [0.5, 0.6) is 0 Å². The van der Waals surface area contributed by atoms with Crippen molar-refractivity contribution in [3.8, 4) is 22.5 Å². The number of rotatable bonds is 3. The smallest absolute Gasteiger partial charge is 0.335 e. The molecule has 0 aliphatic carbocycles. The minimum absolute atomic E-state index is 0.152. The van der Waals surface area contributed by atoms with Crippen LogP contribution in [0, 0.1) is 6.92 Å². The second kappa shape index (κ2) is 6.00. The van der Waals surface area contributed by atoms with Gasteiger partial charge in [0.1, 0.15) is 0 Å². The number of hydrogen-bond acceptors (Lipinski definition) is 3. The van der Waals surface area contributed by atoms with Gasteiger partial charge in [-0.2, -0.15) is 0 Å². The van der Waals surface area contributed by atoms with Gasteiger partial charge in [-0.1, -0.05) is 36.4 Å². The Morgan fingerprint density at radius 3 is 2.65 bits per heavy atom. The van der Waals surface area contributed by atoms with Crippen LogP contribution in [0.3, 0.4) is 0 Å². The van der Waals surface area contributed by atoms with Crippen LogP contribution in [0.4, 0.5) is 0 Å². The quantitative estimate of drug-likeness (QED) is 0.596. The molecule has 2 aromatic heterocycles. The molecular weight excluding hydrogens is 330 g/mol. The Bertz CT molecular complexity index is 1200. The van der Waals surface area contributed by atoms with Crippen LogP contribution >= 0.6 is 0 Å². The van der Waals surface area contributed by atoms with Crippen LogP contribution < -0.4 is 5.56 Å². The van der Waals surface area contributed by atoms with Gasteiger partial charge in [-0.05, 0) is 24.6 Å². The van der Waals surface area contributed by atoms with Gasteiger partial charge in [0, 0.05) is 23.3 Å². The highest BCUT2D eigenvalue weighted by Gasteiger charge is 2.11. The second-order valence-electron chi connectivity index (χ2n) is 6.04. The molecule has 0 unspecified atom stereocenters. The van der Waals surface area contributed by atoms with Crippen LogP contribution in [0.2, 0.25) is 0 Å². The van der Waals surface area contributed by atoms with Gasteiger partial charge in [0.15, 0.2) is 5.65 Å². The lowest BCUT2D eigenvalue weighted by Crippen LogP contribution is -2.14. The summed E-state index contributed by atoms with van der Waals surface area (Å²) in [6.45, 7) is 2.00. The van der Waals surface area contributed by atoms with E-state index in [1.165, 1.54) is 22.7 Å². The fraction of sp³-hybridized carbons (Fsp3) is 0.0500. The van der Waals surface area contributed by atoms with Crippen molar-refractivity contribution in [2.75, 3.05) is 0 Å². The molecule has 0 saturated carbocycles. The van der Waals surface area contributed by atoms with Crippen LogP contribution in [0.1, 0.15) is 15.9 Å². The van der Waals surface area contributed by atoms with Crippen molar-refractivity contribution < 1.29 is 9.90 Å². The minimum Gasteiger partial charge on any atom is -0.478 e. The number of aromatic carboxylic acids is 1. The third-order valence-electron chi connectivity index (χ3n) is 4.29. The third kappa shape index (κ3) is 2.67. The van der Waals surface area contributed by atoms with Gasteiger partial charge >= 0.3 is 5.97 Å². The highest BCUT2D eigenvalue weighted by atomic mass is 16.4. The normalized spacial score (nSPS) is 11.0. The lowest BCUT2D eigenvalue weighted by Gasteiger charge is -2.02. The third-order valence-corrected chi connectivity index (χ3v) is 4.29. The zero-order valence-electron chi connectivity index (χ0n) is 13.9. The fourth-order valence-electron chi connectivity index (χ4n) is 2.96. The first-order valence-electron chi connectivity index (χ1n) is 8.05. The van der Waals surface area contributed by atoms with Crippen molar-refractivity contribution >= 4 is 11.6 Å². The molecule has 2 N–H and O–H groups in total. The average molecular weight is 345 g/mol. The second-order valence-corrected chi connectivity index (χ2v) is 6.04. The number of benzene rings is 2. The Labute approximate surface area is 148 Å². The zero-order valence-corrected chi connectivity index (χ0v) is 13.9. The van der Waals surface area contributed by atoms with Gasteiger partial charge in [-0.3, -0.25) is 9.89 Å². The molecule has 26 heavy (non-hydrogen) atoms. The van der Waals surface area contributed by atoms with E-state index in [1.54, 1.807) is 12.1 Å². The monoisotopic (exact) mass is 345 g/mol. The predicted octanol–water partition coefficient (Wildman–Crippen LogP) is 3.36. The van der Waals surface area contributed by atoms with Crippen molar-refractivity contribution in [2.45, 2.75) is 6.92 Å². The first-order chi connectivity index (χ1) is 12.5. The number of aromatic amines is 1. The summed E-state index contributed by atoms with van der Waals surface area (Å²) in [5, 5.41) is 12.2. The molecule has 6 nitrogen and oxygen atoms in total. The van der Waals surface area contributed by atoms with Crippen molar-refractivity contribution in [3.63, 3.8) is 0 Å². The van der Waals surface area contributed by atoms with E-state index in [0.717, 1.165) is 16.8 Å². The number of carboxylic acid groups (broad SMARTS) is 1. The summed E-state index contributed by atoms with van der Waals surface area (Å²) in [7, 11) is 0. The summed E-state index contributed by atoms with van der Waals surface area (Å²) < 4.78 is 1.38. The maximum atomic E-state index is 12.5. The van der Waals surface area contributed by atoms with Crippen LogP contribution in [0.15, 0.2) is 65.5 Å². The van der Waals surface area contributed by atoms with Crippen molar-refractivity contribution in [1.29, 1.82) is 0 Å². The van der Waals surface area contributed by atoms with Gasteiger partial charge in [0.05, 0.1) is 17.0 Å². The minimum atomic E-state index is -1.02. The Hall–Kier alpha value is -3.67. The van der Waals surface area contributed by atoms with Crippen LogP contribution in [0.25, 0.3) is 28.2 Å². The molecule has 128 valence electrons. The predicted molar refractivity (Wildman–Crippen MR) is 98.4 cm³/mol. The summed E-state index contributed by atoms with van der Waals surface area (Å²) in [6.07, 6.45) is 0. The number of nitrogens with one attached hydrogen (secondary N) is 1. The summed E-state index contributed by atoms with van der Waals surface area (Å²) in [6, 6.07) is 17.5. The van der Waals surface area contributed by atoms with E-state index < -0.39 is 5.97 Å². The molecule has 0 aliphatic rings. The fourth-order valence-corrected chi connectivity index (χ4v) is 2.96. The largest absolute Gasteiger partial charge is 0.478 e. The maximum Gasteiger partial charge on any atom is 0.335 e. The van der Waals surface area contributed by atoms with E-state index >= 15 is 0 Å². The molecule has 0 radical (unpaired) electrons. The summed E-state index contributed by atoms with van der Waals surface area (Å²) in [5.41, 5.74) is 4.27. The SMILES string of the molecule is Cc1ccccc1-c1cc2nc(-c3cccc(C(=O)O)c3)cc(=O)n2[nH]1. The number of nitrogens with zero attached hydrogens (tertiary/aromatic N) is 2. The molecule has 0 bridgehead atoms. The van der Waals surface area contributed by atoms with E-state index in [2.05, 4.69) is 10.1 Å². The Balaban J connectivity index is 1.87. The summed E-state index contributed by atoms with van der Waals surface area (Å²) in [4.78, 5) is 28.2. The molecular formula is C20H15N3O3. The number of carbonyl (C=O) groups is 1. The molecule has 0 saturated heterocycles. The topological polar surface area (TPSA) is 87.5 Å².